The Bertz CT molecular complexity index is 1220. The van der Waals surface area contributed by atoms with E-state index in [2.05, 4.69) is 24.3 Å². The van der Waals surface area contributed by atoms with Crippen LogP contribution in [0.5, 0.6) is 5.75 Å². The van der Waals surface area contributed by atoms with E-state index in [0.29, 0.717) is 0 Å². The molecule has 170 valence electrons. The number of aromatic hydroxyl groups is 1. The van der Waals surface area contributed by atoms with Crippen molar-refractivity contribution in [3.8, 4) is 5.75 Å². The van der Waals surface area contributed by atoms with Crippen LogP contribution < -0.4 is 16.2 Å². The van der Waals surface area contributed by atoms with Gasteiger partial charge >= 0.3 is 0 Å². The predicted octanol–water partition coefficient (Wildman–Crippen LogP) is 1.11. The smallest absolute Gasteiger partial charge is 0.278 e. The van der Waals surface area contributed by atoms with Crippen molar-refractivity contribution >= 4 is 5.91 Å². The van der Waals surface area contributed by atoms with Crippen LogP contribution in [0.3, 0.4) is 0 Å². The van der Waals surface area contributed by atoms with E-state index >= 15 is 0 Å². The molecule has 1 aromatic heterocycles. The number of pyridine rings is 1. The molecule has 3 aromatic rings. The maximum absolute atomic E-state index is 13.3. The first kappa shape index (κ1) is 21.2. The number of rotatable bonds is 4. The van der Waals surface area contributed by atoms with E-state index in [1.807, 2.05) is 29.3 Å². The van der Waals surface area contributed by atoms with Crippen LogP contribution in [0, 0.1) is 0 Å². The lowest BCUT2D eigenvalue weighted by atomic mass is 9.93. The van der Waals surface area contributed by atoms with Crippen LogP contribution in [0.25, 0.3) is 0 Å². The van der Waals surface area contributed by atoms with Gasteiger partial charge in [0.2, 0.25) is 5.43 Å². The van der Waals surface area contributed by atoms with Crippen molar-refractivity contribution in [2.45, 2.75) is 25.0 Å². The Balaban J connectivity index is 1.83. The number of aliphatic hydroxyl groups excluding tert-OH is 1. The van der Waals surface area contributed by atoms with Crippen molar-refractivity contribution in [1.82, 2.24) is 9.58 Å². The highest BCUT2D eigenvalue weighted by Crippen LogP contribution is 2.39. The molecule has 0 fully saturated rings. The maximum atomic E-state index is 13.3. The largest absolute Gasteiger partial charge is 0.502 e. The molecule has 1 aliphatic heterocycles. The molecule has 0 saturated heterocycles. The average Bonchev–Trinajstić information content (AvgIpc) is 3.00. The highest BCUT2D eigenvalue weighted by atomic mass is 16.3. The van der Waals surface area contributed by atoms with Gasteiger partial charge < -0.3 is 20.8 Å². The number of aromatic nitrogens is 1. The van der Waals surface area contributed by atoms with Crippen molar-refractivity contribution in [3.63, 3.8) is 0 Å². The highest BCUT2D eigenvalue weighted by molar-refractivity contribution is 5.96. The first-order valence-electron chi connectivity index (χ1n) is 11.1. The zero-order valence-electron chi connectivity index (χ0n) is 18.1. The first-order chi connectivity index (χ1) is 16.1. The molecule has 2 heterocycles. The zero-order valence-corrected chi connectivity index (χ0v) is 18.1. The Labute approximate surface area is 191 Å². The summed E-state index contributed by atoms with van der Waals surface area (Å²) in [5.74, 6) is -1.15. The molecule has 0 bridgehead atoms. The molecule has 8 heteroatoms. The number of carbonyl (C=O) groups is 1. The number of fused-ring (bicyclic) bond motifs is 3. The van der Waals surface area contributed by atoms with Gasteiger partial charge in [0.1, 0.15) is 6.17 Å². The Morgan fingerprint density at radius 3 is 2.12 bits per heavy atom. The second-order valence-electron chi connectivity index (χ2n) is 8.34. The van der Waals surface area contributed by atoms with Crippen molar-refractivity contribution in [2.24, 2.45) is 5.73 Å². The number of amides is 1. The summed E-state index contributed by atoms with van der Waals surface area (Å²) in [5, 5.41) is 22.3. The Kier molecular flexibility index (Phi) is 5.39. The minimum absolute atomic E-state index is 0.0236. The summed E-state index contributed by atoms with van der Waals surface area (Å²) in [4.78, 5) is 27.0. The van der Waals surface area contributed by atoms with Gasteiger partial charge in [-0.2, -0.15) is 0 Å². The van der Waals surface area contributed by atoms with Gasteiger partial charge in [-0.15, -0.1) is 0 Å². The van der Waals surface area contributed by atoms with E-state index < -0.39 is 23.3 Å². The van der Waals surface area contributed by atoms with E-state index in [4.69, 9.17) is 5.73 Å². The molecule has 1 atom stereocenters. The van der Waals surface area contributed by atoms with E-state index in [1.165, 1.54) is 28.3 Å². The van der Waals surface area contributed by atoms with Crippen LogP contribution in [-0.4, -0.2) is 51.6 Å². The summed E-state index contributed by atoms with van der Waals surface area (Å²) in [7, 11) is 0. The van der Waals surface area contributed by atoms with Crippen molar-refractivity contribution < 1.29 is 15.0 Å². The van der Waals surface area contributed by atoms with Gasteiger partial charge in [-0.05, 0) is 35.1 Å². The Morgan fingerprint density at radius 1 is 0.939 bits per heavy atom. The van der Waals surface area contributed by atoms with Gasteiger partial charge in [-0.25, -0.2) is 0 Å². The maximum Gasteiger partial charge on any atom is 0.278 e. The summed E-state index contributed by atoms with van der Waals surface area (Å²) in [6.45, 7) is -0.152. The molecule has 1 unspecified atom stereocenters. The summed E-state index contributed by atoms with van der Waals surface area (Å²) in [5.41, 5.74) is 9.99. The molecule has 0 radical (unpaired) electrons. The summed E-state index contributed by atoms with van der Waals surface area (Å²) < 4.78 is 1.56. The van der Waals surface area contributed by atoms with Gasteiger partial charge in [0.05, 0.1) is 12.6 Å². The number of β-amino-alcohol motifs (C(OH)–C–C–N with tert-alkyl or cyclic N) is 1. The zero-order chi connectivity index (χ0) is 23.1. The second-order valence-corrected chi connectivity index (χ2v) is 8.34. The van der Waals surface area contributed by atoms with Gasteiger partial charge in [-0.3, -0.25) is 19.3 Å². The molecule has 2 aromatic carbocycles. The molecule has 8 nitrogen and oxygen atoms in total. The minimum atomic E-state index is -0.633. The van der Waals surface area contributed by atoms with Crippen molar-refractivity contribution in [2.75, 3.05) is 24.7 Å². The highest BCUT2D eigenvalue weighted by Gasteiger charge is 2.43. The molecule has 1 amide bonds. The van der Waals surface area contributed by atoms with Crippen LogP contribution >= 0.6 is 0 Å². The molecule has 4 N–H and O–H groups in total. The van der Waals surface area contributed by atoms with Gasteiger partial charge in [-0.1, -0.05) is 48.5 Å². The van der Waals surface area contributed by atoms with Crippen LogP contribution in [0.4, 0.5) is 0 Å². The lowest BCUT2D eigenvalue weighted by Gasteiger charge is -2.49. The molecule has 0 saturated carbocycles. The third-order valence-electron chi connectivity index (χ3n) is 6.61. The fraction of sp³-hybridized carbons (Fsp3) is 0.280. The van der Waals surface area contributed by atoms with Crippen LogP contribution in [-0.2, 0) is 12.8 Å². The fourth-order valence-electron chi connectivity index (χ4n) is 5.14. The quantitative estimate of drug-likeness (QED) is 0.554. The normalized spacial score (nSPS) is 17.9. The molecule has 33 heavy (non-hydrogen) atoms. The van der Waals surface area contributed by atoms with Crippen LogP contribution in [0.1, 0.15) is 38.8 Å². The Hall–Kier alpha value is -3.62. The third-order valence-corrected chi connectivity index (χ3v) is 6.61. The Morgan fingerprint density at radius 2 is 1.55 bits per heavy atom. The standard InChI is InChI=1S/C25H26N4O4/c26-15-21-27(13-14-30)25(33)23-24(32)20(31)11-12-28(23)29(21)22-18-7-3-1-5-16(18)9-10-17-6-2-4-8-19(17)22/h1-8,11-12,21-22,30,32H,9-10,13-15,26H2. The topological polar surface area (TPSA) is 112 Å². The molecule has 2 aliphatic rings. The summed E-state index contributed by atoms with van der Waals surface area (Å²) in [6.07, 6.45) is 2.64. The minimum Gasteiger partial charge on any atom is -0.502 e. The average molecular weight is 447 g/mol. The van der Waals surface area contributed by atoms with E-state index in [0.717, 1.165) is 24.0 Å². The monoisotopic (exact) mass is 446 g/mol. The summed E-state index contributed by atoms with van der Waals surface area (Å²) >= 11 is 0. The first-order valence-corrected chi connectivity index (χ1v) is 11.1. The van der Waals surface area contributed by atoms with Crippen molar-refractivity contribution in [3.05, 3.63) is 99.0 Å². The lowest BCUT2D eigenvalue weighted by Crippen LogP contribution is -2.65. The number of hydrogen-bond donors (Lipinski definition) is 3. The van der Waals surface area contributed by atoms with Gasteiger partial charge in [0, 0.05) is 25.4 Å². The fourth-order valence-corrected chi connectivity index (χ4v) is 5.14. The predicted molar refractivity (Wildman–Crippen MR) is 124 cm³/mol. The van der Waals surface area contributed by atoms with Crippen LogP contribution in [0.15, 0.2) is 65.6 Å². The van der Waals surface area contributed by atoms with Crippen LogP contribution in [0.2, 0.25) is 0 Å². The molecular formula is C25H26N4O4. The molecular weight excluding hydrogens is 420 g/mol. The summed E-state index contributed by atoms with van der Waals surface area (Å²) in [6, 6.07) is 17.3. The number of carbonyl (C=O) groups excluding carboxylic acids is 1. The second kappa shape index (κ2) is 8.38. The number of aliphatic hydroxyl groups is 1. The van der Waals surface area contributed by atoms with Gasteiger partial charge in [0.25, 0.3) is 5.91 Å². The number of aryl methyl sites for hydroxylation is 2. The number of benzene rings is 2. The number of nitrogens with zero attached hydrogens (tertiary/aromatic N) is 3. The molecule has 0 spiro atoms. The SMILES string of the molecule is NCC1N(CCO)C(=O)c2c(O)c(=O)ccn2N1C1c2ccccc2CCc2ccccc21. The molecule has 5 rings (SSSR count). The number of hydrogen-bond acceptors (Lipinski definition) is 6. The lowest BCUT2D eigenvalue weighted by molar-refractivity contribution is 0.0511. The molecule has 1 aliphatic carbocycles. The van der Waals surface area contributed by atoms with E-state index in [9.17, 15) is 19.8 Å². The van der Waals surface area contributed by atoms with E-state index in [-0.39, 0.29) is 31.4 Å². The van der Waals surface area contributed by atoms with E-state index in [1.54, 1.807) is 4.68 Å². The van der Waals surface area contributed by atoms with Gasteiger partial charge in [0.15, 0.2) is 11.4 Å². The van der Waals surface area contributed by atoms with Crippen molar-refractivity contribution in [1.29, 1.82) is 0 Å². The number of nitrogens with two attached hydrogens (primary N) is 1. The third kappa shape index (κ3) is 3.30.